The lowest BCUT2D eigenvalue weighted by Gasteiger charge is -2.27. The molecule has 1 aromatic carbocycles. The van der Waals surface area contributed by atoms with Gasteiger partial charge in [-0.2, -0.15) is 0 Å². The first-order chi connectivity index (χ1) is 10.2. The molecule has 1 saturated carbocycles. The van der Waals surface area contributed by atoms with Gasteiger partial charge in [0.1, 0.15) is 0 Å². The van der Waals surface area contributed by atoms with Gasteiger partial charge in [-0.25, -0.2) is 0 Å². The number of fused-ring (bicyclic) bond motifs is 1. The summed E-state index contributed by atoms with van der Waals surface area (Å²) in [5.41, 5.74) is 4.08. The van der Waals surface area contributed by atoms with Crippen molar-refractivity contribution in [3.63, 3.8) is 0 Å². The van der Waals surface area contributed by atoms with E-state index < -0.39 is 0 Å². The predicted octanol–water partition coefficient (Wildman–Crippen LogP) is 4.26. The van der Waals surface area contributed by atoms with E-state index in [1.165, 1.54) is 63.2 Å². The van der Waals surface area contributed by atoms with Crippen molar-refractivity contribution in [2.24, 2.45) is 11.8 Å². The lowest BCUT2D eigenvalue weighted by atomic mass is 9.79. The molecule has 2 heteroatoms. The Morgan fingerprint density at radius 3 is 2.52 bits per heavy atom. The molecule has 3 rings (SSSR count). The molecular formula is C19H26O2. The highest BCUT2D eigenvalue weighted by molar-refractivity contribution is 5.77. The summed E-state index contributed by atoms with van der Waals surface area (Å²) in [5.74, 6) is 1.46. The number of esters is 1. The third-order valence-electron chi connectivity index (χ3n) is 5.57. The van der Waals surface area contributed by atoms with E-state index in [0.717, 1.165) is 17.4 Å². The molecular weight excluding hydrogens is 260 g/mol. The molecule has 2 aliphatic rings. The SMILES string of the molecule is COC(=O)[C@@H](C)c1ccc2c(c1)C[C@H](C1CCCCC1)C2. The van der Waals surface area contributed by atoms with Crippen molar-refractivity contribution in [1.82, 2.24) is 0 Å². The molecule has 0 bridgehead atoms. The zero-order chi connectivity index (χ0) is 14.8. The molecule has 0 radical (unpaired) electrons. The molecule has 114 valence electrons. The molecule has 1 aromatic rings. The summed E-state index contributed by atoms with van der Waals surface area (Å²) < 4.78 is 4.86. The highest BCUT2D eigenvalue weighted by atomic mass is 16.5. The molecule has 0 spiro atoms. The van der Waals surface area contributed by atoms with Crippen molar-refractivity contribution in [2.75, 3.05) is 7.11 Å². The molecule has 0 N–H and O–H groups in total. The van der Waals surface area contributed by atoms with Crippen LogP contribution in [0, 0.1) is 11.8 Å². The number of carbonyl (C=O) groups excluding carboxylic acids is 1. The highest BCUT2D eigenvalue weighted by Gasteiger charge is 2.30. The largest absolute Gasteiger partial charge is 0.469 e. The van der Waals surface area contributed by atoms with Crippen LogP contribution in [0.3, 0.4) is 0 Å². The van der Waals surface area contributed by atoms with Gasteiger partial charge in [0.05, 0.1) is 13.0 Å². The first-order valence-corrected chi connectivity index (χ1v) is 8.38. The lowest BCUT2D eigenvalue weighted by Crippen LogP contribution is -2.18. The van der Waals surface area contributed by atoms with Gasteiger partial charge in [0.15, 0.2) is 0 Å². The summed E-state index contributed by atoms with van der Waals surface area (Å²) in [6.45, 7) is 1.93. The van der Waals surface area contributed by atoms with Crippen LogP contribution >= 0.6 is 0 Å². The van der Waals surface area contributed by atoms with Gasteiger partial charge in [-0.05, 0) is 48.3 Å². The van der Waals surface area contributed by atoms with Gasteiger partial charge in [0.2, 0.25) is 0 Å². The molecule has 0 aliphatic heterocycles. The average Bonchev–Trinajstić information content (AvgIpc) is 2.97. The molecule has 0 aromatic heterocycles. The smallest absolute Gasteiger partial charge is 0.312 e. The molecule has 0 unspecified atom stereocenters. The zero-order valence-corrected chi connectivity index (χ0v) is 13.2. The summed E-state index contributed by atoms with van der Waals surface area (Å²) in [6, 6.07) is 6.61. The summed E-state index contributed by atoms with van der Waals surface area (Å²) in [4.78, 5) is 11.7. The van der Waals surface area contributed by atoms with E-state index >= 15 is 0 Å². The Hall–Kier alpha value is -1.31. The van der Waals surface area contributed by atoms with E-state index in [-0.39, 0.29) is 11.9 Å². The van der Waals surface area contributed by atoms with Gasteiger partial charge in [-0.3, -0.25) is 4.79 Å². The van der Waals surface area contributed by atoms with Crippen molar-refractivity contribution < 1.29 is 9.53 Å². The maximum atomic E-state index is 11.7. The summed E-state index contributed by atoms with van der Waals surface area (Å²) >= 11 is 0. The Morgan fingerprint density at radius 2 is 1.81 bits per heavy atom. The van der Waals surface area contributed by atoms with Crippen LogP contribution in [-0.2, 0) is 22.4 Å². The van der Waals surface area contributed by atoms with Gasteiger partial charge < -0.3 is 4.74 Å². The maximum absolute atomic E-state index is 11.7. The molecule has 2 aliphatic carbocycles. The first-order valence-electron chi connectivity index (χ1n) is 8.38. The fraction of sp³-hybridized carbons (Fsp3) is 0.632. The van der Waals surface area contributed by atoms with Gasteiger partial charge in [0.25, 0.3) is 0 Å². The van der Waals surface area contributed by atoms with Gasteiger partial charge in [-0.1, -0.05) is 50.3 Å². The fourth-order valence-electron chi connectivity index (χ4n) is 4.19. The third-order valence-corrected chi connectivity index (χ3v) is 5.57. The molecule has 0 amide bonds. The maximum Gasteiger partial charge on any atom is 0.312 e. The molecule has 1 fully saturated rings. The van der Waals surface area contributed by atoms with Gasteiger partial charge in [0, 0.05) is 0 Å². The molecule has 2 atom stereocenters. The normalized spacial score (nSPS) is 23.6. The first kappa shape index (κ1) is 14.6. The summed E-state index contributed by atoms with van der Waals surface area (Å²) in [6.07, 6.45) is 9.56. The zero-order valence-electron chi connectivity index (χ0n) is 13.2. The van der Waals surface area contributed by atoms with E-state index in [4.69, 9.17) is 4.74 Å². The molecule has 2 nitrogen and oxygen atoms in total. The van der Waals surface area contributed by atoms with Crippen LogP contribution in [0.1, 0.15) is 61.6 Å². The second-order valence-electron chi connectivity index (χ2n) is 6.84. The van der Waals surface area contributed by atoms with Crippen LogP contribution in [0.4, 0.5) is 0 Å². The Morgan fingerprint density at radius 1 is 1.10 bits per heavy atom. The molecule has 21 heavy (non-hydrogen) atoms. The number of carbonyl (C=O) groups is 1. The second kappa shape index (κ2) is 6.21. The average molecular weight is 286 g/mol. The number of benzene rings is 1. The number of hydrogen-bond acceptors (Lipinski definition) is 2. The predicted molar refractivity (Wildman–Crippen MR) is 84.3 cm³/mol. The topological polar surface area (TPSA) is 26.3 Å². The van der Waals surface area contributed by atoms with Crippen LogP contribution in [0.25, 0.3) is 0 Å². The van der Waals surface area contributed by atoms with E-state index in [2.05, 4.69) is 18.2 Å². The Bertz CT molecular complexity index is 514. The number of hydrogen-bond donors (Lipinski definition) is 0. The minimum atomic E-state index is -0.158. The van der Waals surface area contributed by atoms with Gasteiger partial charge in [-0.15, -0.1) is 0 Å². The van der Waals surface area contributed by atoms with Crippen molar-refractivity contribution in [1.29, 1.82) is 0 Å². The quantitative estimate of drug-likeness (QED) is 0.776. The summed E-state index contributed by atoms with van der Waals surface area (Å²) in [7, 11) is 1.46. The minimum absolute atomic E-state index is 0.142. The number of ether oxygens (including phenoxy) is 1. The van der Waals surface area contributed by atoms with Crippen molar-refractivity contribution in [2.45, 2.75) is 57.8 Å². The second-order valence-corrected chi connectivity index (χ2v) is 6.84. The van der Waals surface area contributed by atoms with Crippen molar-refractivity contribution in [3.05, 3.63) is 34.9 Å². The number of methoxy groups -OCH3 is 1. The fourth-order valence-corrected chi connectivity index (χ4v) is 4.19. The van der Waals surface area contributed by atoms with Crippen molar-refractivity contribution >= 4 is 5.97 Å². The standard InChI is InChI=1S/C19H26O2/c1-13(19(20)21-2)15-8-9-16-11-17(12-18(16)10-15)14-6-4-3-5-7-14/h8-10,13-14,17H,3-7,11-12H2,1-2H3/t13-,17+/m0/s1. The van der Waals surface area contributed by atoms with E-state index in [1.54, 1.807) is 0 Å². The monoisotopic (exact) mass is 286 g/mol. The molecule has 0 heterocycles. The van der Waals surface area contributed by atoms with Crippen LogP contribution in [-0.4, -0.2) is 13.1 Å². The number of rotatable bonds is 3. The minimum Gasteiger partial charge on any atom is -0.469 e. The Balaban J connectivity index is 1.73. The highest BCUT2D eigenvalue weighted by Crippen LogP contribution is 2.39. The summed E-state index contributed by atoms with van der Waals surface area (Å²) in [5, 5.41) is 0. The van der Waals surface area contributed by atoms with Crippen molar-refractivity contribution in [3.8, 4) is 0 Å². The van der Waals surface area contributed by atoms with Crippen LogP contribution in [0.5, 0.6) is 0 Å². The van der Waals surface area contributed by atoms with Gasteiger partial charge >= 0.3 is 5.97 Å². The van der Waals surface area contributed by atoms with E-state index in [9.17, 15) is 4.79 Å². The Labute approximate surface area is 127 Å². The lowest BCUT2D eigenvalue weighted by molar-refractivity contribution is -0.141. The van der Waals surface area contributed by atoms with Crippen LogP contribution < -0.4 is 0 Å². The van der Waals surface area contributed by atoms with E-state index in [0.29, 0.717) is 0 Å². The van der Waals surface area contributed by atoms with E-state index in [1.807, 2.05) is 6.92 Å². The Kier molecular flexibility index (Phi) is 4.32. The molecule has 0 saturated heterocycles. The van der Waals surface area contributed by atoms with Crippen LogP contribution in [0.2, 0.25) is 0 Å². The van der Waals surface area contributed by atoms with Crippen LogP contribution in [0.15, 0.2) is 18.2 Å². The third kappa shape index (κ3) is 3.00.